The Morgan fingerprint density at radius 3 is 2.33 bits per heavy atom. The van der Waals surface area contributed by atoms with Crippen molar-refractivity contribution in [2.45, 2.75) is 58.5 Å². The summed E-state index contributed by atoms with van der Waals surface area (Å²) in [4.78, 5) is 62.4. The highest BCUT2D eigenvalue weighted by molar-refractivity contribution is 9.10. The monoisotopic (exact) mass is 655 g/mol. The Kier molecular flexibility index (Phi) is 10.0. The number of carbonyl (C=O) groups is 4. The van der Waals surface area contributed by atoms with Crippen molar-refractivity contribution < 1.29 is 23.6 Å². The SMILES string of the molecule is CC(=O)CCC(C(C)=O)N1C(=O)c2ccc(N3CCN(CCC4CCN(Cc5ncc(Br)cc5F)CC4)CC3)cc2C1=O. The van der Waals surface area contributed by atoms with E-state index in [0.717, 1.165) is 75.7 Å². The van der Waals surface area contributed by atoms with Gasteiger partial charge in [-0.25, -0.2) is 4.39 Å². The van der Waals surface area contributed by atoms with Gasteiger partial charge in [0.1, 0.15) is 11.6 Å². The van der Waals surface area contributed by atoms with Crippen LogP contribution in [0.2, 0.25) is 0 Å². The largest absolute Gasteiger partial charge is 0.369 e. The molecule has 3 aliphatic heterocycles. The predicted octanol–water partition coefficient (Wildman–Crippen LogP) is 4.33. The second-order valence-corrected chi connectivity index (χ2v) is 12.9. The van der Waals surface area contributed by atoms with Crippen LogP contribution < -0.4 is 4.90 Å². The third-order valence-corrected chi connectivity index (χ3v) is 9.44. The molecule has 2 aromatic rings. The lowest BCUT2D eigenvalue weighted by Gasteiger charge is -2.37. The Labute approximate surface area is 260 Å². The maximum absolute atomic E-state index is 14.2. The van der Waals surface area contributed by atoms with Crippen molar-refractivity contribution >= 4 is 45.0 Å². The fourth-order valence-corrected chi connectivity index (χ4v) is 6.68. The van der Waals surface area contributed by atoms with Crippen LogP contribution in [0.25, 0.3) is 0 Å². The van der Waals surface area contributed by atoms with Gasteiger partial charge in [0.2, 0.25) is 0 Å². The summed E-state index contributed by atoms with van der Waals surface area (Å²) >= 11 is 3.26. The van der Waals surface area contributed by atoms with Gasteiger partial charge in [0.05, 0.1) is 22.9 Å². The first-order valence-corrected chi connectivity index (χ1v) is 15.9. The molecule has 1 aromatic heterocycles. The molecule has 0 aliphatic carbocycles. The van der Waals surface area contributed by atoms with Crippen LogP contribution >= 0.6 is 15.9 Å². The van der Waals surface area contributed by atoms with E-state index >= 15 is 0 Å². The second kappa shape index (κ2) is 13.7. The molecular weight excluding hydrogens is 617 g/mol. The van der Waals surface area contributed by atoms with Gasteiger partial charge in [-0.1, -0.05) is 0 Å². The first kappa shape index (κ1) is 31.4. The Balaban J connectivity index is 1.09. The Morgan fingerprint density at radius 1 is 0.977 bits per heavy atom. The molecule has 0 radical (unpaired) electrons. The van der Waals surface area contributed by atoms with Gasteiger partial charge >= 0.3 is 0 Å². The lowest BCUT2D eigenvalue weighted by atomic mass is 9.93. The molecule has 43 heavy (non-hydrogen) atoms. The lowest BCUT2D eigenvalue weighted by Crippen LogP contribution is -2.47. The molecule has 2 fully saturated rings. The van der Waals surface area contributed by atoms with Crippen molar-refractivity contribution in [2.24, 2.45) is 5.92 Å². The topological polar surface area (TPSA) is 94.1 Å². The number of piperazine rings is 1. The third-order valence-electron chi connectivity index (χ3n) is 9.01. The minimum Gasteiger partial charge on any atom is -0.369 e. The van der Waals surface area contributed by atoms with E-state index in [1.807, 2.05) is 6.07 Å². The third kappa shape index (κ3) is 7.38. The minimum atomic E-state index is -0.929. The average molecular weight is 657 g/mol. The summed E-state index contributed by atoms with van der Waals surface area (Å²) in [6.07, 6.45) is 5.29. The van der Waals surface area contributed by atoms with Crippen LogP contribution in [0, 0.1) is 11.7 Å². The van der Waals surface area contributed by atoms with E-state index in [4.69, 9.17) is 0 Å². The zero-order chi connectivity index (χ0) is 30.7. The number of carbonyl (C=O) groups excluding carboxylic acids is 4. The van der Waals surface area contributed by atoms with Crippen LogP contribution in [0.1, 0.15) is 72.4 Å². The Hall–Kier alpha value is -3.02. The number of rotatable bonds is 11. The molecule has 4 heterocycles. The molecule has 1 atom stereocenters. The number of hydrogen-bond donors (Lipinski definition) is 0. The molecule has 1 aromatic carbocycles. The quantitative estimate of drug-likeness (QED) is 0.330. The molecule has 5 rings (SSSR count). The van der Waals surface area contributed by atoms with Crippen molar-refractivity contribution in [1.82, 2.24) is 19.7 Å². The van der Waals surface area contributed by atoms with E-state index in [1.165, 1.54) is 19.9 Å². The molecule has 2 saturated heterocycles. The van der Waals surface area contributed by atoms with Gasteiger partial charge in [-0.05, 0) is 105 Å². The molecule has 0 saturated carbocycles. The molecule has 3 aliphatic rings. The number of fused-ring (bicyclic) bond motifs is 1. The van der Waals surface area contributed by atoms with E-state index in [0.29, 0.717) is 33.8 Å². The van der Waals surface area contributed by atoms with Gasteiger partial charge in [-0.15, -0.1) is 0 Å². The number of Topliss-reactive ketones (excluding diaryl/α,β-unsaturated/α-hetero) is 2. The zero-order valence-electron chi connectivity index (χ0n) is 24.9. The number of pyridine rings is 1. The molecule has 1 unspecified atom stereocenters. The normalized spacial score (nSPS) is 19.2. The van der Waals surface area contributed by atoms with E-state index in [9.17, 15) is 23.6 Å². The number of imide groups is 1. The highest BCUT2D eigenvalue weighted by atomic mass is 79.9. The summed E-state index contributed by atoms with van der Waals surface area (Å²) in [5, 5.41) is 0. The van der Waals surface area contributed by atoms with Crippen molar-refractivity contribution in [2.75, 3.05) is 50.7 Å². The number of halogens is 2. The number of hydrogen-bond acceptors (Lipinski definition) is 8. The highest BCUT2D eigenvalue weighted by Gasteiger charge is 2.42. The standard InChI is InChI=1S/C32H39BrFN5O4/c1-21(40)3-6-30(22(2)41)39-31(42)26-5-4-25(18-27(26)32(39)43)38-15-13-36(14-16-38)10-7-23-8-11-37(12-9-23)20-29-28(34)17-24(33)19-35-29/h4-5,17-19,23,30H,3,6-16,20H2,1-2H3. The molecule has 230 valence electrons. The summed E-state index contributed by atoms with van der Waals surface area (Å²) < 4.78 is 14.8. The van der Waals surface area contributed by atoms with E-state index in [-0.39, 0.29) is 30.2 Å². The molecule has 11 heteroatoms. The first-order chi connectivity index (χ1) is 20.6. The second-order valence-electron chi connectivity index (χ2n) is 12.0. The van der Waals surface area contributed by atoms with Crippen molar-refractivity contribution in [3.63, 3.8) is 0 Å². The van der Waals surface area contributed by atoms with Gasteiger partial charge in [0, 0.05) is 55.5 Å². The molecule has 0 N–H and O–H groups in total. The Morgan fingerprint density at radius 2 is 1.67 bits per heavy atom. The summed E-state index contributed by atoms with van der Waals surface area (Å²) in [7, 11) is 0. The fourth-order valence-electron chi connectivity index (χ4n) is 6.38. The van der Waals surface area contributed by atoms with Crippen molar-refractivity contribution in [3.05, 3.63) is 57.6 Å². The number of ketones is 2. The number of amides is 2. The number of likely N-dealkylation sites (tertiary alicyclic amines) is 1. The lowest BCUT2D eigenvalue weighted by molar-refractivity contribution is -0.121. The van der Waals surface area contributed by atoms with Crippen LogP contribution in [0.15, 0.2) is 34.9 Å². The van der Waals surface area contributed by atoms with Crippen LogP contribution in [-0.4, -0.2) is 94.9 Å². The molecule has 0 spiro atoms. The molecular formula is C32H39BrFN5O4. The average Bonchev–Trinajstić information content (AvgIpc) is 3.23. The number of piperidine rings is 1. The van der Waals surface area contributed by atoms with Crippen molar-refractivity contribution in [1.29, 1.82) is 0 Å². The van der Waals surface area contributed by atoms with E-state index in [1.54, 1.807) is 18.3 Å². The van der Waals surface area contributed by atoms with E-state index < -0.39 is 17.9 Å². The van der Waals surface area contributed by atoms with Gasteiger partial charge in [-0.3, -0.25) is 34.1 Å². The fraction of sp³-hybridized carbons (Fsp3) is 0.531. The smallest absolute Gasteiger partial charge is 0.262 e. The highest BCUT2D eigenvalue weighted by Crippen LogP contribution is 2.31. The van der Waals surface area contributed by atoms with Crippen molar-refractivity contribution in [3.8, 4) is 0 Å². The van der Waals surface area contributed by atoms with Crippen LogP contribution in [0.3, 0.4) is 0 Å². The zero-order valence-corrected chi connectivity index (χ0v) is 26.4. The molecule has 0 bridgehead atoms. The first-order valence-electron chi connectivity index (χ1n) is 15.1. The van der Waals surface area contributed by atoms with Crippen LogP contribution in [-0.2, 0) is 16.1 Å². The van der Waals surface area contributed by atoms with Gasteiger partial charge in [0.15, 0.2) is 5.78 Å². The predicted molar refractivity (Wildman–Crippen MR) is 164 cm³/mol. The molecule has 9 nitrogen and oxygen atoms in total. The van der Waals surface area contributed by atoms with Gasteiger partial charge in [-0.2, -0.15) is 0 Å². The number of nitrogens with zero attached hydrogens (tertiary/aromatic N) is 5. The van der Waals surface area contributed by atoms with Crippen LogP contribution in [0.4, 0.5) is 10.1 Å². The van der Waals surface area contributed by atoms with E-state index in [2.05, 4.69) is 35.6 Å². The summed E-state index contributed by atoms with van der Waals surface area (Å²) in [6, 6.07) is 5.88. The number of aromatic nitrogens is 1. The summed E-state index contributed by atoms with van der Waals surface area (Å²) in [5.74, 6) is -0.921. The maximum atomic E-state index is 14.2. The number of benzene rings is 1. The van der Waals surface area contributed by atoms with Crippen LogP contribution in [0.5, 0.6) is 0 Å². The van der Waals surface area contributed by atoms with Gasteiger partial charge in [0.25, 0.3) is 11.8 Å². The number of anilines is 1. The minimum absolute atomic E-state index is 0.0853. The van der Waals surface area contributed by atoms with Gasteiger partial charge < -0.3 is 9.69 Å². The maximum Gasteiger partial charge on any atom is 0.262 e. The summed E-state index contributed by atoms with van der Waals surface area (Å²) in [5.41, 5.74) is 2.03. The molecule has 2 amide bonds. The Bertz CT molecular complexity index is 1390. The summed E-state index contributed by atoms with van der Waals surface area (Å²) in [6.45, 7) is 9.77.